The third kappa shape index (κ3) is 6.14. The van der Waals surface area contributed by atoms with Gasteiger partial charge in [-0.2, -0.15) is 0 Å². The minimum atomic E-state index is -0.125. The lowest BCUT2D eigenvalue weighted by atomic mass is 9.96. The van der Waals surface area contributed by atoms with E-state index < -0.39 is 0 Å². The summed E-state index contributed by atoms with van der Waals surface area (Å²) >= 11 is 0. The van der Waals surface area contributed by atoms with Crippen LogP contribution in [0.3, 0.4) is 0 Å². The Hall–Kier alpha value is -0.160. The molecule has 0 amide bonds. The van der Waals surface area contributed by atoms with Crippen LogP contribution in [0.25, 0.3) is 0 Å². The van der Waals surface area contributed by atoms with Crippen molar-refractivity contribution < 1.29 is 14.6 Å². The molecule has 2 atom stereocenters. The maximum absolute atomic E-state index is 10.2. The summed E-state index contributed by atoms with van der Waals surface area (Å²) in [7, 11) is 3.46. The third-order valence-electron chi connectivity index (χ3n) is 3.83. The van der Waals surface area contributed by atoms with E-state index in [9.17, 15) is 5.11 Å². The highest BCUT2D eigenvalue weighted by Crippen LogP contribution is 2.24. The van der Waals surface area contributed by atoms with Crippen LogP contribution in [0, 0.1) is 5.92 Å². The van der Waals surface area contributed by atoms with Gasteiger partial charge in [-0.15, -0.1) is 0 Å². The Bertz CT molecular complexity index is 193. The smallest absolute Gasteiger partial charge is 0.0589 e. The van der Waals surface area contributed by atoms with Gasteiger partial charge in [0.2, 0.25) is 0 Å². The van der Waals surface area contributed by atoms with Crippen molar-refractivity contribution in [2.45, 2.75) is 38.2 Å². The first-order chi connectivity index (χ1) is 8.77. The molecule has 0 aliphatic heterocycles. The molecule has 1 saturated carbocycles. The topological polar surface area (TPSA) is 41.9 Å². The summed E-state index contributed by atoms with van der Waals surface area (Å²) in [6.07, 6.45) is 5.69. The molecular weight excluding hydrogens is 230 g/mol. The second-order valence-electron chi connectivity index (χ2n) is 5.25. The van der Waals surface area contributed by atoms with E-state index in [4.69, 9.17) is 9.47 Å². The molecule has 4 nitrogen and oxygen atoms in total. The highest BCUT2D eigenvalue weighted by molar-refractivity contribution is 4.76. The average molecular weight is 259 g/mol. The van der Waals surface area contributed by atoms with E-state index in [0.29, 0.717) is 5.92 Å². The molecule has 4 heteroatoms. The number of aliphatic hydroxyl groups excluding tert-OH is 1. The zero-order valence-electron chi connectivity index (χ0n) is 11.9. The zero-order valence-corrected chi connectivity index (χ0v) is 11.9. The van der Waals surface area contributed by atoms with Crippen molar-refractivity contribution in [1.29, 1.82) is 0 Å². The number of hydrogen-bond donors (Lipinski definition) is 1. The van der Waals surface area contributed by atoms with E-state index in [1.54, 1.807) is 14.2 Å². The number of rotatable bonds is 8. The van der Waals surface area contributed by atoms with Gasteiger partial charge in [0.15, 0.2) is 0 Å². The van der Waals surface area contributed by atoms with Crippen LogP contribution in [0.1, 0.15) is 32.1 Å². The molecule has 1 aliphatic rings. The number of aliphatic hydroxyl groups is 1. The van der Waals surface area contributed by atoms with E-state index >= 15 is 0 Å². The van der Waals surface area contributed by atoms with Gasteiger partial charge in [0.25, 0.3) is 0 Å². The van der Waals surface area contributed by atoms with Gasteiger partial charge in [0, 0.05) is 33.9 Å². The number of hydrogen-bond acceptors (Lipinski definition) is 4. The van der Waals surface area contributed by atoms with Gasteiger partial charge in [-0.1, -0.05) is 19.3 Å². The molecule has 0 radical (unpaired) electrons. The van der Waals surface area contributed by atoms with E-state index in [2.05, 4.69) is 4.90 Å². The molecule has 0 heterocycles. The lowest BCUT2D eigenvalue weighted by molar-refractivity contribution is 0.0532. The van der Waals surface area contributed by atoms with Crippen molar-refractivity contribution in [2.75, 3.05) is 47.1 Å². The predicted octanol–water partition coefficient (Wildman–Crippen LogP) is 1.52. The fraction of sp³-hybridized carbons (Fsp3) is 1.00. The molecule has 1 rings (SSSR count). The van der Waals surface area contributed by atoms with Crippen molar-refractivity contribution in [2.24, 2.45) is 5.92 Å². The molecule has 0 aromatic rings. The molecule has 0 aromatic carbocycles. The van der Waals surface area contributed by atoms with Crippen LogP contribution in [0.2, 0.25) is 0 Å². The van der Waals surface area contributed by atoms with Gasteiger partial charge in [0.1, 0.15) is 0 Å². The van der Waals surface area contributed by atoms with Crippen molar-refractivity contribution >= 4 is 0 Å². The van der Waals surface area contributed by atoms with Crippen LogP contribution in [0.5, 0.6) is 0 Å². The summed E-state index contributed by atoms with van der Waals surface area (Å²) in [6.45, 7) is 4.29. The fourth-order valence-electron chi connectivity index (χ4n) is 2.64. The molecule has 0 spiro atoms. The molecular formula is C14H29NO3. The van der Waals surface area contributed by atoms with Gasteiger partial charge in [0.05, 0.1) is 19.3 Å². The first-order valence-electron chi connectivity index (χ1n) is 7.16. The second kappa shape index (κ2) is 9.73. The Balaban J connectivity index is 2.40. The van der Waals surface area contributed by atoms with Crippen LogP contribution in [0.4, 0.5) is 0 Å². The lowest BCUT2D eigenvalue weighted by Gasteiger charge is -2.29. The maximum atomic E-state index is 10.2. The number of ether oxygens (including phenoxy) is 2. The van der Waals surface area contributed by atoms with Crippen LogP contribution >= 0.6 is 0 Å². The van der Waals surface area contributed by atoms with Crippen LogP contribution < -0.4 is 0 Å². The number of nitrogens with zero attached hydrogens (tertiary/aromatic N) is 1. The summed E-state index contributed by atoms with van der Waals surface area (Å²) < 4.78 is 10.3. The minimum Gasteiger partial charge on any atom is -0.393 e. The molecule has 18 heavy (non-hydrogen) atoms. The lowest BCUT2D eigenvalue weighted by Crippen LogP contribution is -2.38. The second-order valence-corrected chi connectivity index (χ2v) is 5.25. The molecule has 108 valence electrons. The largest absolute Gasteiger partial charge is 0.393 e. The minimum absolute atomic E-state index is 0.125. The zero-order chi connectivity index (χ0) is 13.2. The molecule has 0 bridgehead atoms. The van der Waals surface area contributed by atoms with E-state index in [-0.39, 0.29) is 6.10 Å². The molecule has 1 N–H and O–H groups in total. The van der Waals surface area contributed by atoms with Crippen LogP contribution in [0.15, 0.2) is 0 Å². The SMILES string of the molecule is COCCN(CCOC)CC1CCCCCC1O. The normalized spacial score (nSPS) is 25.3. The quantitative estimate of drug-likeness (QED) is 0.671. The van der Waals surface area contributed by atoms with Crippen LogP contribution in [-0.2, 0) is 9.47 Å². The Labute approximate surface area is 111 Å². The van der Waals surface area contributed by atoms with Gasteiger partial charge in [-0.25, -0.2) is 0 Å². The van der Waals surface area contributed by atoms with Crippen molar-refractivity contribution in [1.82, 2.24) is 4.90 Å². The van der Waals surface area contributed by atoms with Gasteiger partial charge < -0.3 is 14.6 Å². The Kier molecular flexibility index (Phi) is 8.59. The highest BCUT2D eigenvalue weighted by Gasteiger charge is 2.23. The summed E-state index contributed by atoms with van der Waals surface area (Å²) in [5, 5.41) is 10.2. The molecule has 2 unspecified atom stereocenters. The molecule has 1 aliphatic carbocycles. The molecule has 0 saturated heterocycles. The number of methoxy groups -OCH3 is 2. The predicted molar refractivity (Wildman–Crippen MR) is 72.8 cm³/mol. The van der Waals surface area contributed by atoms with E-state index in [1.165, 1.54) is 19.3 Å². The third-order valence-corrected chi connectivity index (χ3v) is 3.83. The molecule has 1 fully saturated rings. The first-order valence-corrected chi connectivity index (χ1v) is 7.16. The van der Waals surface area contributed by atoms with E-state index in [0.717, 1.165) is 45.7 Å². The standard InChI is InChI=1S/C14H29NO3/c1-17-10-8-15(9-11-18-2)12-13-6-4-3-5-7-14(13)16/h13-14,16H,3-12H2,1-2H3. The summed E-state index contributed by atoms with van der Waals surface area (Å²) in [6, 6.07) is 0. The summed E-state index contributed by atoms with van der Waals surface area (Å²) in [4.78, 5) is 2.35. The Morgan fingerprint density at radius 3 is 2.22 bits per heavy atom. The first kappa shape index (κ1) is 15.9. The Morgan fingerprint density at radius 2 is 1.61 bits per heavy atom. The Morgan fingerprint density at radius 1 is 1.00 bits per heavy atom. The summed E-state index contributed by atoms with van der Waals surface area (Å²) in [5.41, 5.74) is 0. The van der Waals surface area contributed by atoms with Crippen molar-refractivity contribution in [3.63, 3.8) is 0 Å². The van der Waals surface area contributed by atoms with Crippen molar-refractivity contribution in [3.8, 4) is 0 Å². The van der Waals surface area contributed by atoms with Crippen LogP contribution in [-0.4, -0.2) is 63.2 Å². The summed E-state index contributed by atoms with van der Waals surface area (Å²) in [5.74, 6) is 0.418. The van der Waals surface area contributed by atoms with E-state index in [1.807, 2.05) is 0 Å². The maximum Gasteiger partial charge on any atom is 0.0589 e. The van der Waals surface area contributed by atoms with Gasteiger partial charge in [-0.05, 0) is 18.8 Å². The van der Waals surface area contributed by atoms with Gasteiger partial charge >= 0.3 is 0 Å². The van der Waals surface area contributed by atoms with Gasteiger partial charge in [-0.3, -0.25) is 4.90 Å². The monoisotopic (exact) mass is 259 g/mol. The molecule has 0 aromatic heterocycles. The highest BCUT2D eigenvalue weighted by atomic mass is 16.5. The average Bonchev–Trinajstić information content (AvgIpc) is 2.58. The van der Waals surface area contributed by atoms with Crippen molar-refractivity contribution in [3.05, 3.63) is 0 Å². The fourth-order valence-corrected chi connectivity index (χ4v) is 2.64.